The van der Waals surface area contributed by atoms with Crippen LogP contribution in [0.2, 0.25) is 0 Å². The predicted molar refractivity (Wildman–Crippen MR) is 58.4 cm³/mol. The van der Waals surface area contributed by atoms with Crippen molar-refractivity contribution in [2.75, 3.05) is 0 Å². The number of rotatable bonds is 1. The quantitative estimate of drug-likeness (QED) is 0.732. The van der Waals surface area contributed by atoms with Crippen molar-refractivity contribution in [3.05, 3.63) is 15.7 Å². The van der Waals surface area contributed by atoms with Gasteiger partial charge in [-0.25, -0.2) is 4.98 Å². The number of hydrogen-bond donors (Lipinski definition) is 2. The molecule has 0 amide bonds. The van der Waals surface area contributed by atoms with Crippen LogP contribution in [0.5, 0.6) is 0 Å². The average Bonchev–Trinajstić information content (AvgIpc) is 2.84. The summed E-state index contributed by atoms with van der Waals surface area (Å²) in [7, 11) is 0. The summed E-state index contributed by atoms with van der Waals surface area (Å²) in [5, 5.41) is 0. The van der Waals surface area contributed by atoms with E-state index < -0.39 is 0 Å². The van der Waals surface area contributed by atoms with E-state index in [-0.39, 0.29) is 0 Å². The topological polar surface area (TPSA) is 49.4 Å². The maximum atomic E-state index is 5.36. The molecule has 2 N–H and O–H groups in total. The summed E-state index contributed by atoms with van der Waals surface area (Å²) in [5.74, 6) is 0. The average molecular weight is 224 g/mol. The molecular formula is C8H8N4S2. The van der Waals surface area contributed by atoms with Gasteiger partial charge in [0.05, 0.1) is 6.33 Å². The zero-order chi connectivity index (χ0) is 9.71. The first-order valence-electron chi connectivity index (χ1n) is 4.45. The van der Waals surface area contributed by atoms with Crippen molar-refractivity contribution in [1.29, 1.82) is 0 Å². The minimum absolute atomic E-state index is 0.499. The third kappa shape index (κ3) is 1.07. The molecule has 1 aliphatic rings. The van der Waals surface area contributed by atoms with Crippen LogP contribution in [-0.2, 0) is 0 Å². The van der Waals surface area contributed by atoms with E-state index in [1.807, 2.05) is 4.57 Å². The Morgan fingerprint density at radius 2 is 2.21 bits per heavy atom. The molecule has 0 aliphatic heterocycles. The van der Waals surface area contributed by atoms with E-state index in [1.54, 1.807) is 6.33 Å². The number of fused-ring (bicyclic) bond motifs is 1. The molecule has 2 aromatic heterocycles. The van der Waals surface area contributed by atoms with Crippen LogP contribution in [0.1, 0.15) is 18.9 Å². The fourth-order valence-electron chi connectivity index (χ4n) is 1.59. The summed E-state index contributed by atoms with van der Waals surface area (Å²) in [6.07, 6.45) is 3.97. The van der Waals surface area contributed by atoms with E-state index in [1.165, 1.54) is 12.8 Å². The smallest absolute Gasteiger partial charge is 0.180 e. The van der Waals surface area contributed by atoms with Gasteiger partial charge in [-0.2, -0.15) is 0 Å². The Hall–Kier alpha value is -1.01. The molecule has 1 aliphatic carbocycles. The summed E-state index contributed by atoms with van der Waals surface area (Å²) >= 11 is 10.6. The van der Waals surface area contributed by atoms with Gasteiger partial charge in [-0.3, -0.25) is 0 Å². The molecule has 6 heteroatoms. The molecule has 0 saturated heterocycles. The molecule has 1 fully saturated rings. The molecule has 2 heterocycles. The van der Waals surface area contributed by atoms with E-state index in [2.05, 4.69) is 15.0 Å². The lowest BCUT2D eigenvalue weighted by molar-refractivity contribution is 0.699. The zero-order valence-corrected chi connectivity index (χ0v) is 8.91. The number of aromatic amines is 2. The highest BCUT2D eigenvalue weighted by molar-refractivity contribution is 7.72. The molecular weight excluding hydrogens is 216 g/mol. The summed E-state index contributed by atoms with van der Waals surface area (Å²) < 4.78 is 3.45. The lowest BCUT2D eigenvalue weighted by Gasteiger charge is -2.04. The number of aromatic nitrogens is 4. The van der Waals surface area contributed by atoms with Gasteiger partial charge in [0.2, 0.25) is 0 Å². The second-order valence-electron chi connectivity index (χ2n) is 3.46. The molecule has 0 bridgehead atoms. The van der Waals surface area contributed by atoms with Gasteiger partial charge < -0.3 is 14.5 Å². The van der Waals surface area contributed by atoms with Gasteiger partial charge in [0.1, 0.15) is 10.2 Å². The summed E-state index contributed by atoms with van der Waals surface area (Å²) in [6.45, 7) is 0. The summed E-state index contributed by atoms with van der Waals surface area (Å²) in [6, 6.07) is 0.499. The largest absolute Gasteiger partial charge is 0.341 e. The second-order valence-corrected chi connectivity index (χ2v) is 4.24. The second kappa shape index (κ2) is 2.74. The molecule has 72 valence electrons. The van der Waals surface area contributed by atoms with Crippen LogP contribution in [0.4, 0.5) is 0 Å². The highest BCUT2D eigenvalue weighted by Crippen LogP contribution is 2.35. The van der Waals surface area contributed by atoms with Crippen LogP contribution in [0.3, 0.4) is 0 Å². The van der Waals surface area contributed by atoms with Crippen molar-refractivity contribution in [2.45, 2.75) is 18.9 Å². The lowest BCUT2D eigenvalue weighted by atomic mass is 10.5. The van der Waals surface area contributed by atoms with Crippen molar-refractivity contribution in [2.24, 2.45) is 0 Å². The maximum Gasteiger partial charge on any atom is 0.180 e. The Morgan fingerprint density at radius 3 is 2.93 bits per heavy atom. The van der Waals surface area contributed by atoms with Crippen LogP contribution in [-0.4, -0.2) is 19.5 Å². The van der Waals surface area contributed by atoms with E-state index in [0.29, 0.717) is 10.8 Å². The SMILES string of the molecule is S=c1[nH]c2nc[nH]c2c(=S)n1C1CC1. The third-order valence-electron chi connectivity index (χ3n) is 2.43. The number of imidazole rings is 1. The van der Waals surface area contributed by atoms with Crippen molar-refractivity contribution < 1.29 is 0 Å². The van der Waals surface area contributed by atoms with Crippen LogP contribution in [0, 0.1) is 9.41 Å². The molecule has 4 nitrogen and oxygen atoms in total. The number of nitrogens with one attached hydrogen (secondary N) is 2. The van der Waals surface area contributed by atoms with Gasteiger partial charge in [0.25, 0.3) is 0 Å². The predicted octanol–water partition coefficient (Wildman–Crippen LogP) is 2.49. The number of nitrogens with zero attached hydrogens (tertiary/aromatic N) is 2. The fourth-order valence-corrected chi connectivity index (χ4v) is 2.38. The first-order chi connectivity index (χ1) is 6.77. The Morgan fingerprint density at radius 1 is 1.43 bits per heavy atom. The first-order valence-corrected chi connectivity index (χ1v) is 5.27. The highest BCUT2D eigenvalue weighted by Gasteiger charge is 2.25. The molecule has 0 aromatic carbocycles. The van der Waals surface area contributed by atoms with Crippen LogP contribution in [0.25, 0.3) is 11.2 Å². The van der Waals surface area contributed by atoms with Crippen molar-refractivity contribution in [3.8, 4) is 0 Å². The van der Waals surface area contributed by atoms with Crippen molar-refractivity contribution in [3.63, 3.8) is 0 Å². The Labute approximate surface area is 90.0 Å². The number of hydrogen-bond acceptors (Lipinski definition) is 3. The molecule has 0 unspecified atom stereocenters. The standard InChI is InChI=1S/C8H8N4S2/c13-7-5-6(10-3-9-5)11-8(14)12(7)4-1-2-4/h3-4H,1-2H2,(H,9,10)(H,11,14). The molecule has 1 saturated carbocycles. The Kier molecular flexibility index (Phi) is 1.63. The summed E-state index contributed by atoms with van der Waals surface area (Å²) in [4.78, 5) is 10.2. The molecule has 3 rings (SSSR count). The zero-order valence-electron chi connectivity index (χ0n) is 7.28. The monoisotopic (exact) mass is 224 g/mol. The van der Waals surface area contributed by atoms with Crippen LogP contribution < -0.4 is 0 Å². The van der Waals surface area contributed by atoms with Gasteiger partial charge in [-0.15, -0.1) is 0 Å². The molecule has 14 heavy (non-hydrogen) atoms. The summed E-state index contributed by atoms with van der Waals surface area (Å²) in [5.41, 5.74) is 1.62. The van der Waals surface area contributed by atoms with E-state index in [9.17, 15) is 0 Å². The van der Waals surface area contributed by atoms with Crippen molar-refractivity contribution in [1.82, 2.24) is 19.5 Å². The number of H-pyrrole nitrogens is 2. The Bertz CT molecular complexity index is 602. The fraction of sp³-hybridized carbons (Fsp3) is 0.375. The van der Waals surface area contributed by atoms with E-state index in [0.717, 1.165) is 15.8 Å². The van der Waals surface area contributed by atoms with Gasteiger partial charge in [0.15, 0.2) is 10.4 Å². The van der Waals surface area contributed by atoms with Gasteiger partial charge in [0, 0.05) is 6.04 Å². The maximum absolute atomic E-state index is 5.36. The normalized spacial score (nSPS) is 16.3. The van der Waals surface area contributed by atoms with Gasteiger partial charge in [-0.1, -0.05) is 12.2 Å². The van der Waals surface area contributed by atoms with Gasteiger partial charge >= 0.3 is 0 Å². The highest BCUT2D eigenvalue weighted by atomic mass is 32.1. The van der Waals surface area contributed by atoms with Gasteiger partial charge in [-0.05, 0) is 25.1 Å². The van der Waals surface area contributed by atoms with Crippen LogP contribution in [0.15, 0.2) is 6.33 Å². The molecule has 2 aromatic rings. The van der Waals surface area contributed by atoms with Crippen LogP contribution >= 0.6 is 24.4 Å². The first kappa shape index (κ1) is 8.31. The van der Waals surface area contributed by atoms with Crippen molar-refractivity contribution >= 4 is 35.6 Å². The molecule has 0 atom stereocenters. The third-order valence-corrected chi connectivity index (χ3v) is 3.13. The minimum atomic E-state index is 0.499. The molecule has 0 spiro atoms. The van der Waals surface area contributed by atoms with E-state index in [4.69, 9.17) is 24.4 Å². The Balaban J connectivity index is 2.48. The molecule has 0 radical (unpaired) electrons. The van der Waals surface area contributed by atoms with E-state index >= 15 is 0 Å². The lowest BCUT2D eigenvalue weighted by Crippen LogP contribution is -2.01. The minimum Gasteiger partial charge on any atom is -0.341 e.